The average molecular weight is 266 g/mol. The van der Waals surface area contributed by atoms with Gasteiger partial charge in [-0.3, -0.25) is 4.79 Å². The van der Waals surface area contributed by atoms with Gasteiger partial charge in [-0.25, -0.2) is 9.97 Å². The van der Waals surface area contributed by atoms with Crippen LogP contribution in [0.5, 0.6) is 0 Å². The molecule has 0 amide bonds. The van der Waals surface area contributed by atoms with Gasteiger partial charge in [0.2, 0.25) is 0 Å². The molecule has 0 aliphatic rings. The summed E-state index contributed by atoms with van der Waals surface area (Å²) >= 11 is 0. The first kappa shape index (κ1) is 15.2. The maximum Gasteiger partial charge on any atom is 0.305 e. The molecule has 0 spiro atoms. The van der Waals surface area contributed by atoms with Gasteiger partial charge >= 0.3 is 5.97 Å². The summed E-state index contributed by atoms with van der Waals surface area (Å²) in [4.78, 5) is 19.2. The van der Waals surface area contributed by atoms with E-state index in [1.54, 1.807) is 6.07 Å². The Morgan fingerprint density at radius 1 is 1.26 bits per heavy atom. The van der Waals surface area contributed by atoms with Crippen LogP contribution in [0.15, 0.2) is 6.07 Å². The number of aliphatic carboxylic acids is 1. The van der Waals surface area contributed by atoms with Crippen LogP contribution in [0.3, 0.4) is 0 Å². The van der Waals surface area contributed by atoms with E-state index in [2.05, 4.69) is 34.4 Å². The van der Waals surface area contributed by atoms with Crippen molar-refractivity contribution < 1.29 is 9.90 Å². The van der Waals surface area contributed by atoms with E-state index >= 15 is 0 Å². The summed E-state index contributed by atoms with van der Waals surface area (Å²) < 4.78 is 0. The van der Waals surface area contributed by atoms with Crippen molar-refractivity contribution in [1.82, 2.24) is 9.97 Å². The second-order valence-electron chi connectivity index (χ2n) is 4.78. The van der Waals surface area contributed by atoms with Crippen LogP contribution >= 0.6 is 0 Å². The van der Waals surface area contributed by atoms with E-state index in [1.165, 1.54) is 0 Å². The number of aryl methyl sites for hydroxylation is 1. The third-order valence-corrected chi connectivity index (χ3v) is 2.72. The van der Waals surface area contributed by atoms with Crippen LogP contribution in [0, 0.1) is 6.92 Å². The Morgan fingerprint density at radius 3 is 2.26 bits per heavy atom. The molecule has 0 bridgehead atoms. The zero-order valence-electron chi connectivity index (χ0n) is 11.9. The number of nitrogens with zero attached hydrogens (tertiary/aromatic N) is 2. The number of carboxylic acid groups (broad SMARTS) is 1. The van der Waals surface area contributed by atoms with Gasteiger partial charge in [0.05, 0.1) is 6.42 Å². The molecule has 0 radical (unpaired) electrons. The van der Waals surface area contributed by atoms with Crippen molar-refractivity contribution in [2.75, 3.05) is 10.6 Å². The number of hydrogen-bond acceptors (Lipinski definition) is 5. The molecular formula is C13H22N4O2. The van der Waals surface area contributed by atoms with Gasteiger partial charge in [0.15, 0.2) is 0 Å². The molecule has 1 aromatic heterocycles. The van der Waals surface area contributed by atoms with E-state index in [9.17, 15) is 4.79 Å². The van der Waals surface area contributed by atoms with Gasteiger partial charge in [0.25, 0.3) is 0 Å². The minimum atomic E-state index is -0.830. The minimum Gasteiger partial charge on any atom is -0.481 e. The highest BCUT2D eigenvalue weighted by Gasteiger charge is 2.10. The smallest absolute Gasteiger partial charge is 0.305 e. The zero-order chi connectivity index (χ0) is 14.4. The van der Waals surface area contributed by atoms with E-state index in [0.29, 0.717) is 17.7 Å². The van der Waals surface area contributed by atoms with Crippen molar-refractivity contribution in [1.29, 1.82) is 0 Å². The second kappa shape index (κ2) is 6.92. The van der Waals surface area contributed by atoms with Crippen molar-refractivity contribution in [3.8, 4) is 0 Å². The van der Waals surface area contributed by atoms with E-state index in [-0.39, 0.29) is 12.5 Å². The third kappa shape index (κ3) is 5.54. The van der Waals surface area contributed by atoms with E-state index in [1.807, 2.05) is 13.8 Å². The lowest BCUT2D eigenvalue weighted by molar-refractivity contribution is -0.137. The molecule has 106 valence electrons. The van der Waals surface area contributed by atoms with Crippen LogP contribution in [0.2, 0.25) is 0 Å². The minimum absolute atomic E-state index is 0.0528. The number of carbonyl (C=O) groups is 1. The van der Waals surface area contributed by atoms with Gasteiger partial charge in [-0.05, 0) is 27.2 Å². The van der Waals surface area contributed by atoms with Crippen molar-refractivity contribution in [3.63, 3.8) is 0 Å². The number of nitrogens with one attached hydrogen (secondary N) is 2. The monoisotopic (exact) mass is 266 g/mol. The van der Waals surface area contributed by atoms with Crippen LogP contribution in [-0.4, -0.2) is 33.1 Å². The van der Waals surface area contributed by atoms with Crippen molar-refractivity contribution in [2.24, 2.45) is 0 Å². The molecule has 0 fully saturated rings. The molecular weight excluding hydrogens is 244 g/mol. The molecule has 6 heteroatoms. The Labute approximate surface area is 113 Å². The van der Waals surface area contributed by atoms with Crippen LogP contribution in [0.25, 0.3) is 0 Å². The second-order valence-corrected chi connectivity index (χ2v) is 4.78. The van der Waals surface area contributed by atoms with Crippen LogP contribution in [0.1, 0.15) is 39.4 Å². The zero-order valence-corrected chi connectivity index (χ0v) is 11.9. The van der Waals surface area contributed by atoms with Gasteiger partial charge in [-0.15, -0.1) is 0 Å². The SMILES string of the molecule is CCC(C)Nc1cc(NC(C)CC(=O)O)nc(C)n1. The normalized spacial score (nSPS) is 13.7. The predicted molar refractivity (Wildman–Crippen MR) is 75.5 cm³/mol. The number of hydrogen-bond donors (Lipinski definition) is 3. The third-order valence-electron chi connectivity index (χ3n) is 2.72. The number of anilines is 2. The predicted octanol–water partition coefficient (Wildman–Crippen LogP) is 2.27. The standard InChI is InChI=1S/C13H22N4O2/c1-5-8(2)14-11-7-12(17-10(4)16-11)15-9(3)6-13(18)19/h7-9H,5-6H2,1-4H3,(H,18,19)(H2,14,15,16,17). The molecule has 1 rings (SSSR count). The summed E-state index contributed by atoms with van der Waals surface area (Å²) in [5, 5.41) is 15.1. The first-order valence-electron chi connectivity index (χ1n) is 6.51. The Balaban J connectivity index is 2.75. The fraction of sp³-hybridized carbons (Fsp3) is 0.615. The molecule has 0 aliphatic heterocycles. The van der Waals surface area contributed by atoms with Gasteiger partial charge < -0.3 is 15.7 Å². The lowest BCUT2D eigenvalue weighted by atomic mass is 10.2. The highest BCUT2D eigenvalue weighted by molar-refractivity contribution is 5.68. The fourth-order valence-corrected chi connectivity index (χ4v) is 1.64. The maximum atomic E-state index is 10.6. The molecule has 2 atom stereocenters. The van der Waals surface area contributed by atoms with E-state index < -0.39 is 5.97 Å². The van der Waals surface area contributed by atoms with Crippen molar-refractivity contribution in [3.05, 3.63) is 11.9 Å². The molecule has 1 aromatic rings. The number of aromatic nitrogens is 2. The molecule has 0 aromatic carbocycles. The molecule has 2 unspecified atom stereocenters. The van der Waals surface area contributed by atoms with Gasteiger partial charge in [-0.1, -0.05) is 6.92 Å². The molecule has 19 heavy (non-hydrogen) atoms. The summed E-state index contributed by atoms with van der Waals surface area (Å²) in [6.07, 6.45) is 1.05. The molecule has 3 N–H and O–H groups in total. The molecule has 0 saturated carbocycles. The number of rotatable bonds is 7. The highest BCUT2D eigenvalue weighted by atomic mass is 16.4. The molecule has 0 aliphatic carbocycles. The van der Waals surface area contributed by atoms with Crippen molar-refractivity contribution >= 4 is 17.6 Å². The van der Waals surface area contributed by atoms with Gasteiger partial charge in [-0.2, -0.15) is 0 Å². The Morgan fingerprint density at radius 2 is 1.79 bits per heavy atom. The first-order chi connectivity index (χ1) is 8.90. The van der Waals surface area contributed by atoms with Gasteiger partial charge in [0.1, 0.15) is 17.5 Å². The lowest BCUT2D eigenvalue weighted by Crippen LogP contribution is -2.21. The lowest BCUT2D eigenvalue weighted by Gasteiger charge is -2.16. The fourth-order valence-electron chi connectivity index (χ4n) is 1.64. The van der Waals surface area contributed by atoms with E-state index in [4.69, 9.17) is 5.11 Å². The molecule has 0 saturated heterocycles. The quantitative estimate of drug-likeness (QED) is 0.701. The summed E-state index contributed by atoms with van der Waals surface area (Å²) in [5.74, 6) is 1.22. The topological polar surface area (TPSA) is 87.1 Å². The summed E-state index contributed by atoms with van der Waals surface area (Å²) in [6, 6.07) is 1.96. The first-order valence-corrected chi connectivity index (χ1v) is 6.51. The van der Waals surface area contributed by atoms with Crippen molar-refractivity contribution in [2.45, 2.75) is 52.6 Å². The van der Waals surface area contributed by atoms with Crippen LogP contribution in [-0.2, 0) is 4.79 Å². The Hall–Kier alpha value is -1.85. The Bertz CT molecular complexity index is 437. The average Bonchev–Trinajstić information content (AvgIpc) is 2.26. The summed E-state index contributed by atoms with van der Waals surface area (Å²) in [5.41, 5.74) is 0. The molecule has 1 heterocycles. The molecule has 6 nitrogen and oxygen atoms in total. The largest absolute Gasteiger partial charge is 0.481 e. The number of carboxylic acids is 1. The summed E-state index contributed by atoms with van der Waals surface area (Å²) in [7, 11) is 0. The Kier molecular flexibility index (Phi) is 5.54. The highest BCUT2D eigenvalue weighted by Crippen LogP contribution is 2.14. The van der Waals surface area contributed by atoms with Gasteiger partial charge in [0, 0.05) is 18.2 Å². The van der Waals surface area contributed by atoms with Crippen LogP contribution < -0.4 is 10.6 Å². The summed E-state index contributed by atoms with van der Waals surface area (Å²) in [6.45, 7) is 7.81. The van der Waals surface area contributed by atoms with E-state index in [0.717, 1.165) is 12.2 Å². The maximum absolute atomic E-state index is 10.6. The van der Waals surface area contributed by atoms with Crippen LogP contribution in [0.4, 0.5) is 11.6 Å².